The Labute approximate surface area is 98.9 Å². The molecule has 0 saturated carbocycles. The molecule has 0 aliphatic carbocycles. The summed E-state index contributed by atoms with van der Waals surface area (Å²) in [6.45, 7) is 3.27. The van der Waals surface area contributed by atoms with Crippen LogP contribution in [-0.4, -0.2) is 23.0 Å². The number of nitrogens with two attached hydrogens (primary N) is 1. The summed E-state index contributed by atoms with van der Waals surface area (Å²) in [5.41, 5.74) is 6.92. The van der Waals surface area contributed by atoms with Crippen LogP contribution in [0.1, 0.15) is 5.56 Å². The van der Waals surface area contributed by atoms with Gasteiger partial charge in [0.2, 0.25) is 5.91 Å². The highest BCUT2D eigenvalue weighted by atomic mass is 16.4. The number of hydrogen-bond donors (Lipinski definition) is 3. The van der Waals surface area contributed by atoms with Gasteiger partial charge in [-0.2, -0.15) is 0 Å². The van der Waals surface area contributed by atoms with E-state index in [9.17, 15) is 9.59 Å². The Balaban J connectivity index is 2.73. The van der Waals surface area contributed by atoms with Gasteiger partial charge >= 0.3 is 5.97 Å². The predicted octanol–water partition coefficient (Wildman–Crippen LogP) is 0.567. The predicted molar refractivity (Wildman–Crippen MR) is 64.3 cm³/mol. The van der Waals surface area contributed by atoms with Crippen molar-refractivity contribution in [2.24, 2.45) is 0 Å². The monoisotopic (exact) mass is 234 g/mol. The van der Waals surface area contributed by atoms with Crippen LogP contribution >= 0.6 is 0 Å². The van der Waals surface area contributed by atoms with E-state index < -0.39 is 17.9 Å². The maximum absolute atomic E-state index is 11.1. The Kier molecular flexibility index (Phi) is 4.28. The molecule has 0 heterocycles. The number of carboxylic acid groups (broad SMARTS) is 1. The fraction of sp³-hybridized carbons (Fsp3) is 0.167. The second-order valence-corrected chi connectivity index (χ2v) is 3.55. The summed E-state index contributed by atoms with van der Waals surface area (Å²) < 4.78 is 0. The fourth-order valence-corrected chi connectivity index (χ4v) is 1.32. The van der Waals surface area contributed by atoms with E-state index in [1.165, 1.54) is 0 Å². The first-order chi connectivity index (χ1) is 8.02. The third kappa shape index (κ3) is 3.98. The number of hydrogen-bond acceptors (Lipinski definition) is 3. The number of rotatable bonds is 5. The van der Waals surface area contributed by atoms with Crippen LogP contribution in [0, 0.1) is 0 Å². The van der Waals surface area contributed by atoms with Crippen LogP contribution < -0.4 is 11.1 Å². The van der Waals surface area contributed by atoms with Crippen molar-refractivity contribution in [1.82, 2.24) is 5.32 Å². The van der Waals surface area contributed by atoms with Crippen molar-refractivity contribution in [3.05, 3.63) is 42.5 Å². The van der Waals surface area contributed by atoms with Gasteiger partial charge in [-0.15, -0.1) is 0 Å². The molecular weight excluding hydrogens is 220 g/mol. The molecule has 0 radical (unpaired) electrons. The number of nitrogens with one attached hydrogen (secondary N) is 1. The van der Waals surface area contributed by atoms with Gasteiger partial charge in [-0.3, -0.25) is 4.79 Å². The lowest BCUT2D eigenvalue weighted by Crippen LogP contribution is -2.41. The molecule has 1 aromatic rings. The highest BCUT2D eigenvalue weighted by molar-refractivity contribution is 5.90. The van der Waals surface area contributed by atoms with Gasteiger partial charge in [0, 0.05) is 12.1 Å². The Hall–Kier alpha value is -2.30. The van der Waals surface area contributed by atoms with Gasteiger partial charge in [-0.25, -0.2) is 4.79 Å². The number of carboxylic acids is 1. The molecule has 0 unspecified atom stereocenters. The molecule has 0 aliphatic rings. The van der Waals surface area contributed by atoms with Crippen molar-refractivity contribution in [1.29, 1.82) is 0 Å². The summed E-state index contributed by atoms with van der Waals surface area (Å²) in [5, 5.41) is 11.3. The van der Waals surface area contributed by atoms with Crippen LogP contribution in [0.3, 0.4) is 0 Å². The maximum Gasteiger partial charge on any atom is 0.326 e. The average molecular weight is 234 g/mol. The van der Waals surface area contributed by atoms with Crippen molar-refractivity contribution in [3.8, 4) is 0 Å². The van der Waals surface area contributed by atoms with Crippen molar-refractivity contribution in [2.45, 2.75) is 12.5 Å². The number of nitrogen functional groups attached to an aromatic ring is 1. The fourth-order valence-electron chi connectivity index (χ4n) is 1.32. The lowest BCUT2D eigenvalue weighted by atomic mass is 10.1. The van der Waals surface area contributed by atoms with E-state index in [1.54, 1.807) is 24.3 Å². The molecular formula is C12H14N2O3. The first-order valence-corrected chi connectivity index (χ1v) is 5.03. The third-order valence-corrected chi connectivity index (χ3v) is 2.22. The van der Waals surface area contributed by atoms with Gasteiger partial charge in [-0.1, -0.05) is 18.7 Å². The van der Waals surface area contributed by atoms with E-state index in [1.807, 2.05) is 0 Å². The Morgan fingerprint density at radius 2 is 2.00 bits per heavy atom. The van der Waals surface area contributed by atoms with Crippen LogP contribution in [0.4, 0.5) is 5.69 Å². The van der Waals surface area contributed by atoms with Gasteiger partial charge in [0.25, 0.3) is 0 Å². The minimum Gasteiger partial charge on any atom is -0.480 e. The van der Waals surface area contributed by atoms with Crippen LogP contribution in [0.25, 0.3) is 0 Å². The van der Waals surface area contributed by atoms with Gasteiger partial charge in [0.05, 0.1) is 0 Å². The van der Waals surface area contributed by atoms with Gasteiger partial charge < -0.3 is 16.2 Å². The molecule has 0 bridgehead atoms. The van der Waals surface area contributed by atoms with Crippen molar-refractivity contribution in [3.63, 3.8) is 0 Å². The summed E-state index contributed by atoms with van der Waals surface area (Å²) in [7, 11) is 0. The van der Waals surface area contributed by atoms with Crippen LogP contribution in [-0.2, 0) is 16.0 Å². The zero-order chi connectivity index (χ0) is 12.8. The topological polar surface area (TPSA) is 92.4 Å². The van der Waals surface area contributed by atoms with Gasteiger partial charge in [0.15, 0.2) is 0 Å². The van der Waals surface area contributed by atoms with Crippen molar-refractivity contribution >= 4 is 17.6 Å². The van der Waals surface area contributed by atoms with Crippen LogP contribution in [0.15, 0.2) is 36.9 Å². The quantitative estimate of drug-likeness (QED) is 0.513. The van der Waals surface area contributed by atoms with E-state index in [4.69, 9.17) is 10.8 Å². The zero-order valence-electron chi connectivity index (χ0n) is 9.22. The van der Waals surface area contributed by atoms with E-state index in [-0.39, 0.29) is 6.42 Å². The lowest BCUT2D eigenvalue weighted by molar-refractivity contribution is -0.141. The molecule has 90 valence electrons. The molecule has 5 heteroatoms. The number of carbonyl (C=O) groups is 2. The standard InChI is InChI=1S/C12H14N2O3/c1-2-11(15)14-10(12(16)17)7-8-3-5-9(13)6-4-8/h2-6,10H,1,7,13H2,(H,14,15)(H,16,17)/t10-/m0/s1. The molecule has 1 aromatic carbocycles. The summed E-state index contributed by atoms with van der Waals surface area (Å²) in [6.07, 6.45) is 1.24. The van der Waals surface area contributed by atoms with E-state index in [0.29, 0.717) is 5.69 Å². The molecule has 5 nitrogen and oxygen atoms in total. The third-order valence-electron chi connectivity index (χ3n) is 2.22. The number of benzene rings is 1. The highest BCUT2D eigenvalue weighted by Gasteiger charge is 2.18. The smallest absolute Gasteiger partial charge is 0.326 e. The lowest BCUT2D eigenvalue weighted by Gasteiger charge is -2.13. The molecule has 0 saturated heterocycles. The minimum atomic E-state index is -1.09. The van der Waals surface area contributed by atoms with Crippen molar-refractivity contribution < 1.29 is 14.7 Å². The van der Waals surface area contributed by atoms with Crippen molar-refractivity contribution in [2.75, 3.05) is 5.73 Å². The Bertz CT molecular complexity index is 426. The SMILES string of the molecule is C=CC(=O)N[C@@H](Cc1ccc(N)cc1)C(=O)O. The zero-order valence-corrected chi connectivity index (χ0v) is 9.22. The average Bonchev–Trinajstić information content (AvgIpc) is 2.30. The van der Waals surface area contributed by atoms with Gasteiger partial charge in [-0.05, 0) is 23.8 Å². The minimum absolute atomic E-state index is 0.204. The molecule has 1 atom stereocenters. The van der Waals surface area contributed by atoms with Crippen LogP contribution in [0.2, 0.25) is 0 Å². The number of carbonyl (C=O) groups excluding carboxylic acids is 1. The van der Waals surface area contributed by atoms with E-state index in [0.717, 1.165) is 11.6 Å². The van der Waals surface area contributed by atoms with Crippen LogP contribution in [0.5, 0.6) is 0 Å². The number of aliphatic carboxylic acids is 1. The van der Waals surface area contributed by atoms with E-state index >= 15 is 0 Å². The Morgan fingerprint density at radius 1 is 1.41 bits per heavy atom. The summed E-state index contributed by atoms with van der Waals surface area (Å²) >= 11 is 0. The number of anilines is 1. The molecule has 0 aliphatic heterocycles. The molecule has 0 spiro atoms. The normalized spacial score (nSPS) is 11.5. The largest absolute Gasteiger partial charge is 0.480 e. The summed E-state index contributed by atoms with van der Waals surface area (Å²) in [6, 6.07) is 5.85. The highest BCUT2D eigenvalue weighted by Crippen LogP contribution is 2.08. The van der Waals surface area contributed by atoms with E-state index in [2.05, 4.69) is 11.9 Å². The molecule has 0 aromatic heterocycles. The second kappa shape index (κ2) is 5.69. The Morgan fingerprint density at radius 3 is 2.47 bits per heavy atom. The molecule has 0 fully saturated rings. The first kappa shape index (κ1) is 12.8. The first-order valence-electron chi connectivity index (χ1n) is 5.03. The summed E-state index contributed by atoms with van der Waals surface area (Å²) in [4.78, 5) is 22.0. The summed E-state index contributed by atoms with van der Waals surface area (Å²) in [5.74, 6) is -1.59. The molecule has 1 amide bonds. The second-order valence-electron chi connectivity index (χ2n) is 3.55. The number of amides is 1. The maximum atomic E-state index is 11.1. The van der Waals surface area contributed by atoms with Gasteiger partial charge in [0.1, 0.15) is 6.04 Å². The molecule has 4 N–H and O–H groups in total. The molecule has 1 rings (SSSR count). The molecule has 17 heavy (non-hydrogen) atoms.